The molecule has 0 amide bonds. The fourth-order valence-electron chi connectivity index (χ4n) is 2.12. The number of carbonyl (C=O) groups excluding carboxylic acids is 1. The van der Waals surface area contributed by atoms with Gasteiger partial charge in [0, 0.05) is 5.56 Å². The molecule has 21 heavy (non-hydrogen) atoms. The van der Waals surface area contributed by atoms with E-state index >= 15 is 0 Å². The SMILES string of the molecule is CC(C)OC(=O)C([11CH3])c1ccc(-c2ccccc2)c(F)c1. The predicted octanol–water partition coefficient (Wildman–Crippen LogP) is 4.55. The maximum Gasteiger partial charge on any atom is 0.313 e. The first-order valence-electron chi connectivity index (χ1n) is 7.04. The number of carbonyl (C=O) groups is 1. The molecule has 0 saturated heterocycles. The highest BCUT2D eigenvalue weighted by molar-refractivity contribution is 5.78. The minimum absolute atomic E-state index is 0.173. The molecule has 2 nitrogen and oxygen atoms in total. The van der Waals surface area contributed by atoms with Crippen molar-refractivity contribution >= 4 is 5.97 Å². The molecule has 0 bridgehead atoms. The lowest BCUT2D eigenvalue weighted by molar-refractivity contribution is -0.148. The van der Waals surface area contributed by atoms with E-state index < -0.39 is 5.92 Å². The summed E-state index contributed by atoms with van der Waals surface area (Å²) < 4.78 is 19.4. The van der Waals surface area contributed by atoms with Gasteiger partial charge in [0.25, 0.3) is 0 Å². The molecule has 3 heteroatoms. The van der Waals surface area contributed by atoms with Crippen molar-refractivity contribution in [3.63, 3.8) is 0 Å². The molecule has 1 atom stereocenters. The van der Waals surface area contributed by atoms with Crippen molar-refractivity contribution in [3.05, 3.63) is 59.9 Å². The van der Waals surface area contributed by atoms with Gasteiger partial charge in [-0.15, -0.1) is 0 Å². The molecule has 0 N–H and O–H groups in total. The Morgan fingerprint density at radius 1 is 1.05 bits per heavy atom. The Morgan fingerprint density at radius 3 is 2.29 bits per heavy atom. The summed E-state index contributed by atoms with van der Waals surface area (Å²) in [6.45, 7) is 5.31. The number of esters is 1. The molecule has 0 radical (unpaired) electrons. The molecule has 0 saturated carbocycles. The molecule has 1 unspecified atom stereocenters. The van der Waals surface area contributed by atoms with Gasteiger partial charge in [0.15, 0.2) is 0 Å². The van der Waals surface area contributed by atoms with E-state index in [-0.39, 0.29) is 17.9 Å². The van der Waals surface area contributed by atoms with Crippen molar-refractivity contribution in [2.75, 3.05) is 0 Å². The highest BCUT2D eigenvalue weighted by Gasteiger charge is 2.19. The van der Waals surface area contributed by atoms with Crippen LogP contribution >= 0.6 is 0 Å². The summed E-state index contributed by atoms with van der Waals surface area (Å²) in [6.07, 6.45) is -0.173. The van der Waals surface area contributed by atoms with E-state index in [4.69, 9.17) is 4.74 Å². The maximum atomic E-state index is 14.3. The quantitative estimate of drug-likeness (QED) is 0.770. The molecular weight excluding hydrogens is 266 g/mol. The van der Waals surface area contributed by atoms with Gasteiger partial charge in [-0.25, -0.2) is 4.39 Å². The first-order valence-corrected chi connectivity index (χ1v) is 7.04. The number of halogens is 1. The van der Waals surface area contributed by atoms with Crippen LogP contribution in [0.3, 0.4) is 0 Å². The smallest absolute Gasteiger partial charge is 0.313 e. The van der Waals surface area contributed by atoms with E-state index in [2.05, 4.69) is 0 Å². The standard InChI is InChI=1S/C18H19FO2/c1-12(2)21-18(20)13(3)15-9-10-16(17(19)11-15)14-7-5-4-6-8-14/h4-13H,1-3H3/i3-1. The van der Waals surface area contributed by atoms with Gasteiger partial charge in [-0.1, -0.05) is 42.5 Å². The van der Waals surface area contributed by atoms with Gasteiger partial charge >= 0.3 is 5.97 Å². The van der Waals surface area contributed by atoms with Crippen molar-refractivity contribution < 1.29 is 13.9 Å². The number of ether oxygens (including phenoxy) is 1. The van der Waals surface area contributed by atoms with Crippen molar-refractivity contribution in [2.24, 2.45) is 0 Å². The average molecular weight is 285 g/mol. The Hall–Kier alpha value is -2.16. The van der Waals surface area contributed by atoms with Crippen LogP contribution in [0.1, 0.15) is 32.3 Å². The van der Waals surface area contributed by atoms with Crippen molar-refractivity contribution in [3.8, 4) is 11.1 Å². The van der Waals surface area contributed by atoms with Crippen LogP contribution in [0.25, 0.3) is 11.1 Å². The minimum atomic E-state index is -0.480. The van der Waals surface area contributed by atoms with Crippen LogP contribution in [-0.2, 0) is 9.53 Å². The van der Waals surface area contributed by atoms with Crippen LogP contribution < -0.4 is 0 Å². The van der Waals surface area contributed by atoms with Crippen molar-refractivity contribution in [2.45, 2.75) is 32.8 Å². The average Bonchev–Trinajstić information content (AvgIpc) is 2.46. The van der Waals surface area contributed by atoms with E-state index in [1.807, 2.05) is 30.3 Å². The zero-order valence-electron chi connectivity index (χ0n) is 12.5. The second kappa shape index (κ2) is 6.53. The van der Waals surface area contributed by atoms with Gasteiger partial charge < -0.3 is 4.74 Å². The third-order valence-electron chi connectivity index (χ3n) is 3.28. The Balaban J connectivity index is 2.25. The molecular formula is C18H19FO2. The molecule has 0 heterocycles. The molecule has 0 aromatic heterocycles. The topological polar surface area (TPSA) is 26.3 Å². The molecule has 2 rings (SSSR count). The molecule has 0 aliphatic heterocycles. The summed E-state index contributed by atoms with van der Waals surface area (Å²) in [5.74, 6) is -1.15. The highest BCUT2D eigenvalue weighted by Crippen LogP contribution is 2.26. The molecule has 0 spiro atoms. The molecule has 0 aliphatic carbocycles. The molecule has 0 aliphatic rings. The van der Waals surface area contributed by atoms with Gasteiger partial charge in [-0.05, 0) is 38.0 Å². The van der Waals surface area contributed by atoms with Gasteiger partial charge in [0.2, 0.25) is 0 Å². The summed E-state index contributed by atoms with van der Waals surface area (Å²) in [7, 11) is 0. The second-order valence-corrected chi connectivity index (χ2v) is 5.31. The Morgan fingerprint density at radius 2 is 1.71 bits per heavy atom. The van der Waals surface area contributed by atoms with Crippen LogP contribution in [0.4, 0.5) is 4.39 Å². The van der Waals surface area contributed by atoms with Gasteiger partial charge in [-0.3, -0.25) is 4.79 Å². The van der Waals surface area contributed by atoms with E-state index in [0.717, 1.165) is 5.56 Å². The van der Waals surface area contributed by atoms with E-state index in [9.17, 15) is 9.18 Å². The van der Waals surface area contributed by atoms with Crippen LogP contribution in [-0.4, -0.2) is 12.1 Å². The summed E-state index contributed by atoms with van der Waals surface area (Å²) in [6, 6.07) is 14.2. The van der Waals surface area contributed by atoms with E-state index in [0.29, 0.717) is 11.1 Å². The van der Waals surface area contributed by atoms with Crippen molar-refractivity contribution in [1.82, 2.24) is 0 Å². The lowest BCUT2D eigenvalue weighted by Gasteiger charge is -2.15. The Labute approximate surface area is 124 Å². The third-order valence-corrected chi connectivity index (χ3v) is 3.28. The molecule has 2 aromatic rings. The second-order valence-electron chi connectivity index (χ2n) is 5.31. The zero-order valence-corrected chi connectivity index (χ0v) is 12.5. The molecule has 2 aromatic carbocycles. The van der Waals surface area contributed by atoms with Gasteiger partial charge in [0.1, 0.15) is 5.82 Å². The summed E-state index contributed by atoms with van der Waals surface area (Å²) in [5, 5.41) is 0. The fourth-order valence-corrected chi connectivity index (χ4v) is 2.12. The monoisotopic (exact) mass is 285 g/mol. The molecule has 110 valence electrons. The Bertz CT molecular complexity index is 620. The van der Waals surface area contributed by atoms with Crippen LogP contribution in [0.15, 0.2) is 48.5 Å². The maximum absolute atomic E-state index is 14.3. The van der Waals surface area contributed by atoms with Crippen LogP contribution in [0.5, 0.6) is 0 Å². The third kappa shape index (κ3) is 3.69. The van der Waals surface area contributed by atoms with Gasteiger partial charge in [0.05, 0.1) is 12.0 Å². The van der Waals surface area contributed by atoms with Crippen LogP contribution in [0, 0.1) is 5.82 Å². The Kier molecular flexibility index (Phi) is 4.73. The number of hydrogen-bond acceptors (Lipinski definition) is 2. The summed E-state index contributed by atoms with van der Waals surface area (Å²) in [4.78, 5) is 11.9. The zero-order chi connectivity index (χ0) is 15.4. The fraction of sp³-hybridized carbons (Fsp3) is 0.278. The lowest BCUT2D eigenvalue weighted by Crippen LogP contribution is -2.17. The lowest BCUT2D eigenvalue weighted by atomic mass is 9.86. The summed E-state index contributed by atoms with van der Waals surface area (Å²) >= 11 is 0. The van der Waals surface area contributed by atoms with E-state index in [1.54, 1.807) is 32.9 Å². The minimum Gasteiger partial charge on any atom is -0.463 e. The largest absolute Gasteiger partial charge is 0.463 e. The van der Waals surface area contributed by atoms with Gasteiger partial charge in [-0.2, -0.15) is 0 Å². The highest BCUT2D eigenvalue weighted by atomic mass is 19.1. The van der Waals surface area contributed by atoms with Crippen molar-refractivity contribution in [1.29, 1.82) is 0 Å². The normalized spacial score (nSPS) is 12.2. The number of benzene rings is 2. The predicted molar refractivity (Wildman–Crippen MR) is 81.5 cm³/mol. The molecule has 0 fully saturated rings. The number of hydrogen-bond donors (Lipinski definition) is 0. The van der Waals surface area contributed by atoms with E-state index in [1.165, 1.54) is 6.07 Å². The number of rotatable bonds is 4. The first-order chi connectivity index (χ1) is 9.99. The first kappa shape index (κ1) is 15.2. The van der Waals surface area contributed by atoms with Crippen LogP contribution in [0.2, 0.25) is 0 Å². The summed E-state index contributed by atoms with van der Waals surface area (Å²) in [5.41, 5.74) is 1.97.